The summed E-state index contributed by atoms with van der Waals surface area (Å²) in [7, 11) is 1.48. The van der Waals surface area contributed by atoms with Crippen LogP contribution in [0.3, 0.4) is 0 Å². The van der Waals surface area contributed by atoms with Crippen LogP contribution in [0.25, 0.3) is 0 Å². The van der Waals surface area contributed by atoms with Gasteiger partial charge in [0.05, 0.1) is 6.42 Å². The van der Waals surface area contributed by atoms with Gasteiger partial charge < -0.3 is 9.47 Å². The fourth-order valence-corrected chi connectivity index (χ4v) is 1.02. The molecule has 0 heterocycles. The number of methoxy groups -OCH3 is 1. The molecule has 0 N–H and O–H groups in total. The summed E-state index contributed by atoms with van der Waals surface area (Å²) in [4.78, 5) is 23.0. The van der Waals surface area contributed by atoms with E-state index in [1.165, 1.54) is 7.11 Å². The van der Waals surface area contributed by atoms with Crippen molar-refractivity contribution in [2.45, 2.75) is 58.7 Å². The van der Waals surface area contributed by atoms with Crippen molar-refractivity contribution in [1.29, 1.82) is 0 Å². The predicted octanol–water partition coefficient (Wildman–Crippen LogP) is 2.10. The van der Waals surface area contributed by atoms with Gasteiger partial charge in [0.2, 0.25) is 0 Å². The number of ketones is 1. The molecule has 0 rings (SSSR count). The number of esters is 1. The van der Waals surface area contributed by atoms with E-state index >= 15 is 0 Å². The molecule has 0 saturated heterocycles. The fourth-order valence-electron chi connectivity index (χ4n) is 1.02. The summed E-state index contributed by atoms with van der Waals surface area (Å²) in [6.45, 7) is 8.76. The molecule has 0 aliphatic heterocycles. The highest BCUT2D eigenvalue weighted by Gasteiger charge is 2.27. The number of rotatable bonds is 5. The highest BCUT2D eigenvalue weighted by molar-refractivity contribution is 5.89. The number of Topliss-reactive ketones (excluding diaryl/α,β-unsaturated/α-hetero) is 1. The quantitative estimate of drug-likeness (QED) is 0.679. The zero-order valence-electron chi connectivity index (χ0n) is 11.0. The summed E-state index contributed by atoms with van der Waals surface area (Å²) < 4.78 is 10.1. The molecule has 0 atom stereocenters. The lowest BCUT2D eigenvalue weighted by Crippen LogP contribution is -2.34. The van der Waals surface area contributed by atoms with E-state index in [9.17, 15) is 9.59 Å². The highest BCUT2D eigenvalue weighted by atomic mass is 16.6. The molecule has 94 valence electrons. The van der Waals surface area contributed by atoms with Crippen molar-refractivity contribution in [2.24, 2.45) is 0 Å². The van der Waals surface area contributed by atoms with E-state index in [0.717, 1.165) is 0 Å². The van der Waals surface area contributed by atoms with Crippen molar-refractivity contribution in [3.63, 3.8) is 0 Å². The second-order valence-corrected chi connectivity index (χ2v) is 5.22. The Balaban J connectivity index is 4.08. The van der Waals surface area contributed by atoms with Crippen LogP contribution in [0.5, 0.6) is 0 Å². The van der Waals surface area contributed by atoms with Gasteiger partial charge in [-0.3, -0.25) is 9.59 Å². The summed E-state index contributed by atoms with van der Waals surface area (Å²) in [5.74, 6) is -0.450. The summed E-state index contributed by atoms with van der Waals surface area (Å²) >= 11 is 0. The Morgan fingerprint density at radius 3 is 1.88 bits per heavy atom. The molecule has 0 bridgehead atoms. The van der Waals surface area contributed by atoms with E-state index in [0.29, 0.717) is 0 Å². The second kappa shape index (κ2) is 5.43. The van der Waals surface area contributed by atoms with Crippen molar-refractivity contribution in [1.82, 2.24) is 0 Å². The van der Waals surface area contributed by atoms with Gasteiger partial charge in [-0.25, -0.2) is 0 Å². The Morgan fingerprint density at radius 1 is 1.00 bits per heavy atom. The number of carbonyl (C=O) groups is 2. The van der Waals surface area contributed by atoms with Crippen molar-refractivity contribution in [3.8, 4) is 0 Å². The highest BCUT2D eigenvalue weighted by Crippen LogP contribution is 2.14. The Kier molecular flexibility index (Phi) is 5.13. The van der Waals surface area contributed by atoms with Crippen LogP contribution < -0.4 is 0 Å². The summed E-state index contributed by atoms with van der Waals surface area (Å²) in [5.41, 5.74) is -1.33. The van der Waals surface area contributed by atoms with Gasteiger partial charge in [0.25, 0.3) is 0 Å². The first-order chi connectivity index (χ1) is 7.08. The largest absolute Gasteiger partial charge is 0.460 e. The predicted molar refractivity (Wildman–Crippen MR) is 61.2 cm³/mol. The molecule has 0 aromatic rings. The van der Waals surface area contributed by atoms with E-state index < -0.39 is 11.2 Å². The normalized spacial score (nSPS) is 12.4. The Labute approximate surface area is 97.3 Å². The summed E-state index contributed by atoms with van der Waals surface area (Å²) in [5, 5.41) is 0. The molecule has 4 nitrogen and oxygen atoms in total. The maximum absolute atomic E-state index is 11.6. The Bertz CT molecular complexity index is 261. The first-order valence-corrected chi connectivity index (χ1v) is 5.39. The standard InChI is InChI=1S/C12H22O4/c1-11(2,3)16-10(14)8-7-9(13)12(4,5)15-6/h7-8H2,1-6H3. The van der Waals surface area contributed by atoms with Crippen molar-refractivity contribution in [3.05, 3.63) is 0 Å². The van der Waals surface area contributed by atoms with E-state index in [-0.39, 0.29) is 24.6 Å². The van der Waals surface area contributed by atoms with Gasteiger partial charge in [0, 0.05) is 13.5 Å². The van der Waals surface area contributed by atoms with Crippen LogP contribution in [0, 0.1) is 0 Å². The maximum atomic E-state index is 11.6. The smallest absolute Gasteiger partial charge is 0.306 e. The minimum absolute atomic E-state index is 0.0964. The molecule has 0 amide bonds. The first-order valence-electron chi connectivity index (χ1n) is 5.39. The van der Waals surface area contributed by atoms with Crippen molar-refractivity contribution < 1.29 is 19.1 Å². The third-order valence-corrected chi connectivity index (χ3v) is 2.16. The molecule has 16 heavy (non-hydrogen) atoms. The molecule has 0 saturated carbocycles. The fraction of sp³-hybridized carbons (Fsp3) is 0.833. The average Bonchev–Trinajstić information content (AvgIpc) is 2.11. The second-order valence-electron chi connectivity index (χ2n) is 5.22. The third kappa shape index (κ3) is 5.85. The van der Waals surface area contributed by atoms with E-state index in [1.54, 1.807) is 34.6 Å². The van der Waals surface area contributed by atoms with Crippen LogP contribution >= 0.6 is 0 Å². The van der Waals surface area contributed by atoms with Gasteiger partial charge in [-0.05, 0) is 34.6 Å². The van der Waals surface area contributed by atoms with Crippen LogP contribution in [0.15, 0.2) is 0 Å². The van der Waals surface area contributed by atoms with E-state index in [2.05, 4.69) is 0 Å². The van der Waals surface area contributed by atoms with Gasteiger partial charge in [0.15, 0.2) is 5.78 Å². The molecular formula is C12H22O4. The van der Waals surface area contributed by atoms with Gasteiger partial charge >= 0.3 is 5.97 Å². The zero-order valence-corrected chi connectivity index (χ0v) is 11.0. The molecule has 0 fully saturated rings. The van der Waals surface area contributed by atoms with Gasteiger partial charge in [-0.15, -0.1) is 0 Å². The Hall–Kier alpha value is -0.900. The molecule has 0 unspecified atom stereocenters. The number of carbonyl (C=O) groups excluding carboxylic acids is 2. The van der Waals surface area contributed by atoms with Crippen molar-refractivity contribution in [2.75, 3.05) is 7.11 Å². The van der Waals surface area contributed by atoms with Gasteiger partial charge in [-0.2, -0.15) is 0 Å². The zero-order chi connectivity index (χ0) is 13.0. The topological polar surface area (TPSA) is 52.6 Å². The maximum Gasteiger partial charge on any atom is 0.306 e. The minimum atomic E-state index is -0.831. The molecule has 0 aliphatic carbocycles. The van der Waals surface area contributed by atoms with Crippen LogP contribution in [0.2, 0.25) is 0 Å². The third-order valence-electron chi connectivity index (χ3n) is 2.16. The van der Waals surface area contributed by atoms with Crippen LogP contribution in [-0.2, 0) is 19.1 Å². The molecule has 0 aliphatic rings. The molecule has 0 spiro atoms. The lowest BCUT2D eigenvalue weighted by molar-refractivity contribution is -0.156. The lowest BCUT2D eigenvalue weighted by Gasteiger charge is -2.22. The minimum Gasteiger partial charge on any atom is -0.460 e. The monoisotopic (exact) mass is 230 g/mol. The molecular weight excluding hydrogens is 208 g/mol. The van der Waals surface area contributed by atoms with Gasteiger partial charge in [0.1, 0.15) is 11.2 Å². The SMILES string of the molecule is COC(C)(C)C(=O)CCC(=O)OC(C)(C)C. The summed E-state index contributed by atoms with van der Waals surface area (Å²) in [6, 6.07) is 0. The van der Waals surface area contributed by atoms with Gasteiger partial charge in [-0.1, -0.05) is 0 Å². The molecule has 0 radical (unpaired) electrons. The first kappa shape index (κ1) is 15.1. The Morgan fingerprint density at radius 2 is 1.50 bits per heavy atom. The lowest BCUT2D eigenvalue weighted by atomic mass is 9.99. The average molecular weight is 230 g/mol. The number of ether oxygens (including phenoxy) is 2. The van der Waals surface area contributed by atoms with Crippen LogP contribution in [0.4, 0.5) is 0 Å². The molecule has 0 aromatic heterocycles. The molecule has 0 aromatic carbocycles. The summed E-state index contributed by atoms with van der Waals surface area (Å²) in [6.07, 6.45) is 0.249. The van der Waals surface area contributed by atoms with Crippen LogP contribution in [0.1, 0.15) is 47.5 Å². The molecule has 4 heteroatoms. The number of hydrogen-bond donors (Lipinski definition) is 0. The van der Waals surface area contributed by atoms with Crippen LogP contribution in [-0.4, -0.2) is 30.1 Å². The van der Waals surface area contributed by atoms with E-state index in [1.807, 2.05) is 0 Å². The number of hydrogen-bond acceptors (Lipinski definition) is 4. The van der Waals surface area contributed by atoms with Crippen molar-refractivity contribution >= 4 is 11.8 Å². The van der Waals surface area contributed by atoms with E-state index in [4.69, 9.17) is 9.47 Å².